The van der Waals surface area contributed by atoms with Crippen molar-refractivity contribution in [1.82, 2.24) is 5.32 Å². The van der Waals surface area contributed by atoms with Gasteiger partial charge in [-0.15, -0.1) is 0 Å². The van der Waals surface area contributed by atoms with Crippen LogP contribution in [-0.4, -0.2) is 32.2 Å². The third-order valence-corrected chi connectivity index (χ3v) is 3.28. The molecule has 1 N–H and O–H groups in total. The highest BCUT2D eigenvalue weighted by atomic mass is 35.5. The summed E-state index contributed by atoms with van der Waals surface area (Å²) in [5.41, 5.74) is 1.11. The van der Waals surface area contributed by atoms with Gasteiger partial charge in [0.25, 0.3) is 0 Å². The number of hydrogen-bond donors (Lipinski definition) is 1. The van der Waals surface area contributed by atoms with Gasteiger partial charge in [0.1, 0.15) is 5.75 Å². The van der Waals surface area contributed by atoms with Crippen molar-refractivity contribution in [3.05, 3.63) is 28.8 Å². The molecule has 1 heterocycles. The first-order valence-corrected chi connectivity index (χ1v) is 6.73. The van der Waals surface area contributed by atoms with E-state index in [1.165, 1.54) is 0 Å². The van der Waals surface area contributed by atoms with Crippen LogP contribution in [0.25, 0.3) is 0 Å². The maximum atomic E-state index is 6.08. The summed E-state index contributed by atoms with van der Waals surface area (Å²) in [5.74, 6) is 0.232. The third kappa shape index (κ3) is 4.08. The fourth-order valence-electron chi connectivity index (χ4n) is 2.06. The number of benzene rings is 1. The van der Waals surface area contributed by atoms with Crippen LogP contribution in [0.1, 0.15) is 19.4 Å². The van der Waals surface area contributed by atoms with Crippen LogP contribution in [0.4, 0.5) is 0 Å². The zero-order valence-electron chi connectivity index (χ0n) is 11.5. The molecule has 1 aliphatic rings. The fourth-order valence-corrected chi connectivity index (χ4v) is 2.34. The average molecular weight is 286 g/mol. The van der Waals surface area contributed by atoms with E-state index in [-0.39, 0.29) is 6.10 Å². The molecule has 0 aliphatic carbocycles. The predicted molar refractivity (Wildman–Crippen MR) is 74.6 cm³/mol. The van der Waals surface area contributed by atoms with Crippen molar-refractivity contribution in [2.45, 2.75) is 32.3 Å². The van der Waals surface area contributed by atoms with Crippen molar-refractivity contribution in [3.8, 4) is 5.75 Å². The normalized spacial score (nSPS) is 21.6. The van der Waals surface area contributed by atoms with Crippen LogP contribution in [-0.2, 0) is 16.0 Å². The summed E-state index contributed by atoms with van der Waals surface area (Å²) in [5, 5.41) is 3.97. The second-order valence-corrected chi connectivity index (χ2v) is 5.46. The summed E-state index contributed by atoms with van der Waals surface area (Å²) >= 11 is 6.08. The van der Waals surface area contributed by atoms with Gasteiger partial charge >= 0.3 is 0 Å². The summed E-state index contributed by atoms with van der Waals surface area (Å²) in [7, 11) is 1.61. The molecule has 0 radical (unpaired) electrons. The van der Waals surface area contributed by atoms with E-state index in [1.807, 2.05) is 32.0 Å². The van der Waals surface area contributed by atoms with Gasteiger partial charge in [0.05, 0.1) is 24.8 Å². The lowest BCUT2D eigenvalue weighted by molar-refractivity contribution is -0.137. The molecule has 4 nitrogen and oxygen atoms in total. The highest BCUT2D eigenvalue weighted by Gasteiger charge is 2.32. The van der Waals surface area contributed by atoms with Gasteiger partial charge in [0.15, 0.2) is 5.79 Å². The first-order valence-electron chi connectivity index (χ1n) is 6.35. The molecule has 1 aromatic rings. The number of hydrogen-bond acceptors (Lipinski definition) is 4. The van der Waals surface area contributed by atoms with E-state index in [1.54, 1.807) is 7.11 Å². The minimum atomic E-state index is -0.463. The minimum absolute atomic E-state index is 0.101. The molecule has 0 amide bonds. The van der Waals surface area contributed by atoms with Crippen molar-refractivity contribution >= 4 is 11.6 Å². The molecule has 1 saturated heterocycles. The molecule has 1 unspecified atom stereocenters. The number of halogens is 1. The van der Waals surface area contributed by atoms with Gasteiger partial charge in [-0.05, 0) is 31.5 Å². The number of methoxy groups -OCH3 is 1. The van der Waals surface area contributed by atoms with Crippen molar-refractivity contribution in [3.63, 3.8) is 0 Å². The molecule has 0 bridgehead atoms. The maximum Gasteiger partial charge on any atom is 0.163 e. The lowest BCUT2D eigenvalue weighted by Crippen LogP contribution is -2.30. The second-order valence-electron chi connectivity index (χ2n) is 5.05. The fraction of sp³-hybridized carbons (Fsp3) is 0.571. The second kappa shape index (κ2) is 6.09. The molecule has 1 atom stereocenters. The average Bonchev–Trinajstić information content (AvgIpc) is 2.69. The Morgan fingerprint density at radius 3 is 2.84 bits per heavy atom. The molecule has 2 rings (SSSR count). The molecular formula is C14H20ClNO3. The summed E-state index contributed by atoms with van der Waals surface area (Å²) in [6, 6.07) is 5.77. The van der Waals surface area contributed by atoms with E-state index in [0.717, 1.165) is 18.7 Å². The third-order valence-electron chi connectivity index (χ3n) is 2.98. The van der Waals surface area contributed by atoms with Gasteiger partial charge in [-0.2, -0.15) is 0 Å². The number of rotatable bonds is 5. The number of nitrogens with one attached hydrogen (secondary N) is 1. The van der Waals surface area contributed by atoms with Crippen molar-refractivity contribution in [2.75, 3.05) is 20.3 Å². The molecule has 1 fully saturated rings. The van der Waals surface area contributed by atoms with Crippen LogP contribution < -0.4 is 10.1 Å². The van der Waals surface area contributed by atoms with Crippen LogP contribution in [0.15, 0.2) is 18.2 Å². The van der Waals surface area contributed by atoms with E-state index in [2.05, 4.69) is 5.32 Å². The number of ether oxygens (including phenoxy) is 3. The molecule has 5 heteroatoms. The van der Waals surface area contributed by atoms with Gasteiger partial charge in [-0.1, -0.05) is 17.7 Å². The molecule has 0 spiro atoms. The van der Waals surface area contributed by atoms with Crippen molar-refractivity contribution in [2.24, 2.45) is 0 Å². The summed E-state index contributed by atoms with van der Waals surface area (Å²) in [6.45, 7) is 5.98. The van der Waals surface area contributed by atoms with Gasteiger partial charge in [-0.25, -0.2) is 0 Å². The van der Waals surface area contributed by atoms with Gasteiger partial charge in [0.2, 0.25) is 0 Å². The van der Waals surface area contributed by atoms with Crippen LogP contribution in [0.5, 0.6) is 5.75 Å². The topological polar surface area (TPSA) is 39.7 Å². The van der Waals surface area contributed by atoms with Gasteiger partial charge in [-0.3, -0.25) is 0 Å². The first kappa shape index (κ1) is 14.6. The monoisotopic (exact) mass is 285 g/mol. The van der Waals surface area contributed by atoms with E-state index < -0.39 is 5.79 Å². The molecule has 1 aromatic carbocycles. The van der Waals surface area contributed by atoms with E-state index >= 15 is 0 Å². The van der Waals surface area contributed by atoms with Crippen LogP contribution in [0.3, 0.4) is 0 Å². The Labute approximate surface area is 119 Å². The minimum Gasteiger partial charge on any atom is -0.495 e. The Hall–Kier alpha value is -0.810. The van der Waals surface area contributed by atoms with E-state index in [4.69, 9.17) is 25.8 Å². The first-order chi connectivity index (χ1) is 9.00. The lowest BCUT2D eigenvalue weighted by atomic mass is 10.2. The predicted octanol–water partition coefficient (Wildman–Crippen LogP) is 2.59. The smallest absolute Gasteiger partial charge is 0.163 e. The van der Waals surface area contributed by atoms with E-state index in [0.29, 0.717) is 17.4 Å². The SMILES string of the molecule is COc1ccc(CNCC2COC(C)(C)O2)cc1Cl. The Kier molecular flexibility index (Phi) is 4.68. The molecule has 19 heavy (non-hydrogen) atoms. The summed E-state index contributed by atoms with van der Waals surface area (Å²) < 4.78 is 16.3. The molecule has 0 saturated carbocycles. The van der Waals surface area contributed by atoms with Crippen molar-refractivity contribution in [1.29, 1.82) is 0 Å². The molecular weight excluding hydrogens is 266 g/mol. The zero-order chi connectivity index (χ0) is 13.9. The van der Waals surface area contributed by atoms with E-state index in [9.17, 15) is 0 Å². The Balaban J connectivity index is 1.78. The summed E-state index contributed by atoms with van der Waals surface area (Å²) in [6.07, 6.45) is 0.101. The van der Waals surface area contributed by atoms with Crippen LogP contribution >= 0.6 is 11.6 Å². The molecule has 0 aromatic heterocycles. The Bertz CT molecular complexity index is 437. The highest BCUT2D eigenvalue weighted by molar-refractivity contribution is 6.32. The van der Waals surface area contributed by atoms with Crippen LogP contribution in [0, 0.1) is 0 Å². The highest BCUT2D eigenvalue weighted by Crippen LogP contribution is 2.25. The standard InChI is InChI=1S/C14H20ClNO3/c1-14(2)18-9-11(19-14)8-16-7-10-4-5-13(17-3)12(15)6-10/h4-6,11,16H,7-9H2,1-3H3. The zero-order valence-corrected chi connectivity index (χ0v) is 12.3. The molecule has 1 aliphatic heterocycles. The maximum absolute atomic E-state index is 6.08. The Morgan fingerprint density at radius 1 is 1.47 bits per heavy atom. The quantitative estimate of drug-likeness (QED) is 0.903. The lowest BCUT2D eigenvalue weighted by Gasteiger charge is -2.17. The molecule has 106 valence electrons. The van der Waals surface area contributed by atoms with Crippen LogP contribution in [0.2, 0.25) is 5.02 Å². The van der Waals surface area contributed by atoms with Gasteiger partial charge < -0.3 is 19.5 Å². The van der Waals surface area contributed by atoms with Crippen molar-refractivity contribution < 1.29 is 14.2 Å². The summed E-state index contributed by atoms with van der Waals surface area (Å²) in [4.78, 5) is 0. The Morgan fingerprint density at radius 2 is 2.26 bits per heavy atom. The van der Waals surface area contributed by atoms with Gasteiger partial charge in [0, 0.05) is 13.1 Å². The largest absolute Gasteiger partial charge is 0.495 e.